The van der Waals surface area contributed by atoms with Crippen molar-refractivity contribution in [1.29, 1.82) is 5.26 Å². The second-order valence-corrected chi connectivity index (χ2v) is 8.13. The number of halogens is 3. The lowest BCUT2D eigenvalue weighted by atomic mass is 9.75. The highest BCUT2D eigenvalue weighted by Crippen LogP contribution is 2.50. The van der Waals surface area contributed by atoms with E-state index in [0.29, 0.717) is 18.5 Å². The third-order valence-corrected chi connectivity index (χ3v) is 6.25. The zero-order valence-corrected chi connectivity index (χ0v) is 17.9. The van der Waals surface area contributed by atoms with Crippen molar-refractivity contribution in [3.05, 3.63) is 71.6 Å². The van der Waals surface area contributed by atoms with Crippen LogP contribution in [0.15, 0.2) is 54.9 Å². The van der Waals surface area contributed by atoms with E-state index in [1.54, 1.807) is 42.3 Å². The molecule has 1 N–H and O–H groups in total. The van der Waals surface area contributed by atoms with Crippen molar-refractivity contribution in [2.45, 2.75) is 37.4 Å². The van der Waals surface area contributed by atoms with E-state index >= 15 is 0 Å². The first-order chi connectivity index (χ1) is 15.6. The average Bonchev–Trinajstić information content (AvgIpc) is 3.00. The Kier molecular flexibility index (Phi) is 5.40. The van der Waals surface area contributed by atoms with Crippen molar-refractivity contribution in [3.8, 4) is 6.07 Å². The highest BCUT2D eigenvalue weighted by molar-refractivity contribution is 6.11. The molecule has 0 unspecified atom stereocenters. The van der Waals surface area contributed by atoms with Crippen LogP contribution in [0, 0.1) is 11.3 Å². The van der Waals surface area contributed by atoms with Gasteiger partial charge in [-0.1, -0.05) is 18.7 Å². The lowest BCUT2D eigenvalue weighted by Gasteiger charge is -2.43. The maximum Gasteiger partial charge on any atom is 0.417 e. The zero-order chi connectivity index (χ0) is 24.0. The smallest absolute Gasteiger partial charge is 0.359 e. The predicted octanol–water partition coefficient (Wildman–Crippen LogP) is 4.11. The Morgan fingerprint density at radius 1 is 1.18 bits per heavy atom. The molecule has 2 aromatic carbocycles. The van der Waals surface area contributed by atoms with Gasteiger partial charge in [0, 0.05) is 12.7 Å². The number of hydrogen-bond acceptors (Lipinski definition) is 4. The highest BCUT2D eigenvalue weighted by Gasteiger charge is 2.58. The molecule has 2 aromatic rings. The number of hydrogen-bond donors (Lipinski definition) is 1. The molecule has 1 aliphatic carbocycles. The molecule has 1 aliphatic heterocycles. The van der Waals surface area contributed by atoms with Crippen molar-refractivity contribution in [3.63, 3.8) is 0 Å². The first-order valence-corrected chi connectivity index (χ1v) is 10.4. The Bertz CT molecular complexity index is 1180. The standard InChI is InChI=1S/C24H21F3N4O2/c1-15-30(19-9-6-17(14-28)20(13-19)24(25,26)27)22(33)23(10-3-11-23)31(15)18-7-4-16(5-8-18)12-21(32)29-2/h4-9,13H,1,3,10-12H2,2H3,(H,29,32). The van der Waals surface area contributed by atoms with Crippen LogP contribution in [0.2, 0.25) is 0 Å². The van der Waals surface area contributed by atoms with Crippen LogP contribution in [0.25, 0.3) is 0 Å². The molecule has 2 fully saturated rings. The molecule has 0 bridgehead atoms. The van der Waals surface area contributed by atoms with Crippen molar-refractivity contribution < 1.29 is 22.8 Å². The Morgan fingerprint density at radius 2 is 1.82 bits per heavy atom. The van der Waals surface area contributed by atoms with E-state index < -0.39 is 22.8 Å². The normalized spacial score (nSPS) is 17.2. The van der Waals surface area contributed by atoms with Gasteiger partial charge in [0.25, 0.3) is 5.91 Å². The van der Waals surface area contributed by atoms with Gasteiger partial charge in [-0.15, -0.1) is 0 Å². The van der Waals surface area contributed by atoms with E-state index in [-0.39, 0.29) is 29.7 Å². The Balaban J connectivity index is 1.73. The highest BCUT2D eigenvalue weighted by atomic mass is 19.4. The summed E-state index contributed by atoms with van der Waals surface area (Å²) in [6, 6.07) is 11.9. The minimum atomic E-state index is -4.74. The van der Waals surface area contributed by atoms with Gasteiger partial charge in [0.1, 0.15) is 11.4 Å². The minimum absolute atomic E-state index is 0.0151. The molecule has 2 amide bonds. The van der Waals surface area contributed by atoms with Gasteiger partial charge in [0.05, 0.1) is 29.3 Å². The molecule has 1 saturated carbocycles. The Morgan fingerprint density at radius 3 is 2.33 bits per heavy atom. The van der Waals surface area contributed by atoms with E-state index in [0.717, 1.165) is 24.1 Å². The number of nitriles is 1. The number of alkyl halides is 3. The van der Waals surface area contributed by atoms with E-state index in [1.165, 1.54) is 11.0 Å². The summed E-state index contributed by atoms with van der Waals surface area (Å²) in [6.07, 6.45) is -2.63. The summed E-state index contributed by atoms with van der Waals surface area (Å²) in [5.41, 5.74) is -1.04. The van der Waals surface area contributed by atoms with Crippen LogP contribution >= 0.6 is 0 Å². The monoisotopic (exact) mass is 454 g/mol. The third kappa shape index (κ3) is 3.61. The number of rotatable bonds is 4. The summed E-state index contributed by atoms with van der Waals surface area (Å²) < 4.78 is 40.5. The number of anilines is 2. The third-order valence-electron chi connectivity index (χ3n) is 6.25. The van der Waals surface area contributed by atoms with Gasteiger partial charge in [-0.05, 0) is 55.2 Å². The van der Waals surface area contributed by atoms with Crippen molar-refractivity contribution in [1.82, 2.24) is 5.32 Å². The molecule has 9 heteroatoms. The summed E-state index contributed by atoms with van der Waals surface area (Å²) in [6.45, 7) is 4.04. The largest absolute Gasteiger partial charge is 0.417 e. The second-order valence-electron chi connectivity index (χ2n) is 8.13. The first-order valence-electron chi connectivity index (χ1n) is 10.4. The van der Waals surface area contributed by atoms with Gasteiger partial charge in [0.15, 0.2) is 0 Å². The summed E-state index contributed by atoms with van der Waals surface area (Å²) in [5.74, 6) is -0.228. The van der Waals surface area contributed by atoms with Gasteiger partial charge < -0.3 is 10.2 Å². The number of likely N-dealkylation sites (N-methyl/N-ethyl adjacent to an activating group) is 1. The summed E-state index contributed by atoms with van der Waals surface area (Å²) in [5, 5.41) is 11.6. The lowest BCUT2D eigenvalue weighted by Crippen LogP contribution is -2.54. The molecule has 1 spiro atoms. The maximum absolute atomic E-state index is 13.5. The van der Waals surface area contributed by atoms with E-state index in [2.05, 4.69) is 11.9 Å². The number of benzene rings is 2. The maximum atomic E-state index is 13.5. The van der Waals surface area contributed by atoms with E-state index in [4.69, 9.17) is 5.26 Å². The summed E-state index contributed by atoms with van der Waals surface area (Å²) >= 11 is 0. The number of nitrogens with zero attached hydrogens (tertiary/aromatic N) is 3. The van der Waals surface area contributed by atoms with Crippen LogP contribution in [0.1, 0.15) is 36.0 Å². The molecule has 2 aliphatic rings. The van der Waals surface area contributed by atoms with Crippen molar-refractivity contribution >= 4 is 23.2 Å². The van der Waals surface area contributed by atoms with Crippen LogP contribution in [0.4, 0.5) is 24.5 Å². The Labute approximate surface area is 188 Å². The quantitative estimate of drug-likeness (QED) is 0.754. The number of nitrogens with one attached hydrogen (secondary N) is 1. The van der Waals surface area contributed by atoms with Gasteiger partial charge in [-0.3, -0.25) is 14.5 Å². The molecular formula is C24H21F3N4O2. The van der Waals surface area contributed by atoms with Crippen LogP contribution in [0.5, 0.6) is 0 Å². The Hall–Kier alpha value is -3.80. The molecule has 33 heavy (non-hydrogen) atoms. The second kappa shape index (κ2) is 7.96. The first kappa shape index (κ1) is 22.4. The number of carbonyl (C=O) groups excluding carboxylic acids is 2. The topological polar surface area (TPSA) is 76.4 Å². The fourth-order valence-electron chi connectivity index (χ4n) is 4.42. The molecular weight excluding hydrogens is 433 g/mol. The minimum Gasteiger partial charge on any atom is -0.359 e. The summed E-state index contributed by atoms with van der Waals surface area (Å²) in [7, 11) is 1.55. The molecule has 4 rings (SSSR count). The van der Waals surface area contributed by atoms with Crippen LogP contribution in [-0.4, -0.2) is 24.4 Å². The van der Waals surface area contributed by atoms with Gasteiger partial charge in [-0.2, -0.15) is 18.4 Å². The zero-order valence-electron chi connectivity index (χ0n) is 17.9. The average molecular weight is 454 g/mol. The lowest BCUT2D eigenvalue weighted by molar-refractivity contribution is -0.137. The molecule has 0 aromatic heterocycles. The van der Waals surface area contributed by atoms with Crippen molar-refractivity contribution in [2.75, 3.05) is 16.8 Å². The van der Waals surface area contributed by atoms with Gasteiger partial charge >= 0.3 is 6.18 Å². The molecule has 170 valence electrons. The summed E-state index contributed by atoms with van der Waals surface area (Å²) in [4.78, 5) is 28.1. The molecule has 1 heterocycles. The van der Waals surface area contributed by atoms with E-state index in [1.807, 2.05) is 0 Å². The number of amides is 2. The predicted molar refractivity (Wildman–Crippen MR) is 116 cm³/mol. The molecule has 6 nitrogen and oxygen atoms in total. The van der Waals surface area contributed by atoms with Gasteiger partial charge in [-0.25, -0.2) is 0 Å². The SMILES string of the molecule is C=C1N(c2ccc(C#N)c(C(F)(F)F)c2)C(=O)C2(CCC2)N1c1ccc(CC(=O)NC)cc1. The number of carbonyl (C=O) groups is 2. The van der Waals surface area contributed by atoms with Crippen LogP contribution in [-0.2, 0) is 22.2 Å². The van der Waals surface area contributed by atoms with Crippen molar-refractivity contribution in [2.24, 2.45) is 0 Å². The van der Waals surface area contributed by atoms with E-state index in [9.17, 15) is 22.8 Å². The van der Waals surface area contributed by atoms with Gasteiger partial charge in [0.2, 0.25) is 5.91 Å². The fourth-order valence-corrected chi connectivity index (χ4v) is 4.42. The molecule has 1 saturated heterocycles. The fraction of sp³-hybridized carbons (Fsp3) is 0.292. The molecule has 0 atom stereocenters. The van der Waals surface area contributed by atoms with Crippen LogP contribution in [0.3, 0.4) is 0 Å². The van der Waals surface area contributed by atoms with Crippen LogP contribution < -0.4 is 15.1 Å². The molecule has 0 radical (unpaired) electrons.